The summed E-state index contributed by atoms with van der Waals surface area (Å²) in [6.07, 6.45) is 0. The number of hydrogen-bond acceptors (Lipinski definition) is 3. The number of halogens is 1. The van der Waals surface area contributed by atoms with Gasteiger partial charge in [-0.3, -0.25) is 4.90 Å². The maximum absolute atomic E-state index is 12.8. The van der Waals surface area contributed by atoms with Gasteiger partial charge in [0, 0.05) is 42.7 Å². The molecule has 3 heterocycles. The number of fused-ring (bicyclic) bond motifs is 1. The van der Waals surface area contributed by atoms with E-state index < -0.39 is 0 Å². The summed E-state index contributed by atoms with van der Waals surface area (Å²) in [5.74, 6) is 0.689. The summed E-state index contributed by atoms with van der Waals surface area (Å²) in [5, 5.41) is 3.91. The monoisotopic (exact) mass is 307 g/mol. The maximum atomic E-state index is 12.8. The number of likely N-dealkylation sites (tertiary alicyclic amines) is 1. The Morgan fingerprint density at radius 3 is 2.86 bits per heavy atom. The van der Waals surface area contributed by atoms with Crippen molar-refractivity contribution in [2.24, 2.45) is 5.41 Å². The van der Waals surface area contributed by atoms with Crippen molar-refractivity contribution in [1.82, 2.24) is 10.2 Å². The van der Waals surface area contributed by atoms with Crippen molar-refractivity contribution >= 4 is 23.3 Å². The third-order valence-electron chi connectivity index (χ3n) is 4.63. The molecular weight excluding hydrogens is 290 g/mol. The zero-order valence-electron chi connectivity index (χ0n) is 11.9. The Hall–Kier alpha value is -1.46. The quantitative estimate of drug-likeness (QED) is 0.797. The number of anilines is 1. The van der Waals surface area contributed by atoms with E-state index in [1.54, 1.807) is 12.1 Å². The molecule has 0 aliphatic carbocycles. The minimum Gasteiger partial charge on any atom is -0.489 e. The van der Waals surface area contributed by atoms with Crippen LogP contribution in [0.2, 0.25) is 5.02 Å². The number of ether oxygens (including phenoxy) is 1. The van der Waals surface area contributed by atoms with Gasteiger partial charge in [0.15, 0.2) is 0 Å². The Kier molecular flexibility index (Phi) is 2.84. The number of urea groups is 1. The molecule has 3 aliphatic heterocycles. The van der Waals surface area contributed by atoms with Crippen molar-refractivity contribution in [2.45, 2.75) is 13.0 Å². The van der Waals surface area contributed by atoms with Crippen LogP contribution in [-0.2, 0) is 0 Å². The summed E-state index contributed by atoms with van der Waals surface area (Å²) in [7, 11) is 0. The normalized spacial score (nSPS) is 25.7. The number of nitrogens with one attached hydrogen (secondary N) is 1. The zero-order chi connectivity index (χ0) is 14.6. The van der Waals surface area contributed by atoms with E-state index in [9.17, 15) is 4.79 Å². The molecule has 2 fully saturated rings. The fourth-order valence-electron chi connectivity index (χ4n) is 3.37. The molecule has 1 atom stereocenters. The Morgan fingerprint density at radius 1 is 1.43 bits per heavy atom. The number of hydrogen-bond donors (Lipinski definition) is 1. The van der Waals surface area contributed by atoms with Crippen LogP contribution >= 0.6 is 11.6 Å². The third kappa shape index (κ3) is 1.99. The van der Waals surface area contributed by atoms with Crippen molar-refractivity contribution in [3.63, 3.8) is 0 Å². The highest BCUT2D eigenvalue weighted by Crippen LogP contribution is 2.39. The molecular formula is C15H18ClN3O2. The zero-order valence-corrected chi connectivity index (χ0v) is 12.7. The lowest BCUT2D eigenvalue weighted by molar-refractivity contribution is -0.00992. The molecule has 112 valence electrons. The number of rotatable bonds is 0. The summed E-state index contributed by atoms with van der Waals surface area (Å²) in [6.45, 7) is 6.27. The van der Waals surface area contributed by atoms with Crippen molar-refractivity contribution < 1.29 is 9.53 Å². The Bertz CT molecular complexity index is 595. The highest BCUT2D eigenvalue weighted by molar-refractivity contribution is 6.30. The van der Waals surface area contributed by atoms with Crippen LogP contribution in [0, 0.1) is 5.41 Å². The molecule has 0 aromatic heterocycles. The van der Waals surface area contributed by atoms with Crippen LogP contribution in [0.15, 0.2) is 18.2 Å². The van der Waals surface area contributed by atoms with E-state index in [1.165, 1.54) is 0 Å². The molecule has 3 aliphatic rings. The minimum absolute atomic E-state index is 0.0299. The second kappa shape index (κ2) is 4.52. The SMILES string of the molecule is CC1COc2cc(Cl)ccc2N1C(=O)N1CC2(CNC2)C1. The highest BCUT2D eigenvalue weighted by Gasteiger charge is 2.50. The summed E-state index contributed by atoms with van der Waals surface area (Å²) < 4.78 is 5.69. The first-order valence-electron chi connectivity index (χ1n) is 7.29. The van der Waals surface area contributed by atoms with Gasteiger partial charge in [-0.05, 0) is 19.1 Å². The van der Waals surface area contributed by atoms with Gasteiger partial charge in [-0.25, -0.2) is 4.79 Å². The molecule has 6 heteroatoms. The summed E-state index contributed by atoms with van der Waals surface area (Å²) >= 11 is 6.00. The first-order chi connectivity index (χ1) is 10.1. The van der Waals surface area contributed by atoms with Gasteiger partial charge in [-0.1, -0.05) is 11.6 Å². The number of benzene rings is 1. The Morgan fingerprint density at radius 2 is 2.19 bits per heavy atom. The molecule has 0 radical (unpaired) electrons. The van der Waals surface area contributed by atoms with Crippen LogP contribution < -0.4 is 15.0 Å². The fourth-order valence-corrected chi connectivity index (χ4v) is 3.53. The molecule has 21 heavy (non-hydrogen) atoms. The van der Waals surface area contributed by atoms with Crippen LogP contribution in [0.1, 0.15) is 6.92 Å². The average molecular weight is 308 g/mol. The van der Waals surface area contributed by atoms with Gasteiger partial charge in [0.1, 0.15) is 12.4 Å². The smallest absolute Gasteiger partial charge is 0.325 e. The molecule has 5 nitrogen and oxygen atoms in total. The molecule has 1 aromatic carbocycles. The van der Waals surface area contributed by atoms with E-state index in [0.717, 1.165) is 31.9 Å². The van der Waals surface area contributed by atoms with Crippen molar-refractivity contribution in [3.05, 3.63) is 23.2 Å². The third-order valence-corrected chi connectivity index (χ3v) is 4.87. The van der Waals surface area contributed by atoms with E-state index in [2.05, 4.69) is 5.32 Å². The summed E-state index contributed by atoms with van der Waals surface area (Å²) in [6, 6.07) is 5.55. The van der Waals surface area contributed by atoms with E-state index >= 15 is 0 Å². The number of nitrogens with zero attached hydrogens (tertiary/aromatic N) is 2. The van der Waals surface area contributed by atoms with Gasteiger partial charge in [0.2, 0.25) is 0 Å². The van der Waals surface area contributed by atoms with Gasteiger partial charge < -0.3 is 15.0 Å². The van der Waals surface area contributed by atoms with Crippen LogP contribution in [0.5, 0.6) is 5.75 Å². The number of carbonyl (C=O) groups is 1. The molecule has 1 N–H and O–H groups in total. The van der Waals surface area contributed by atoms with Gasteiger partial charge in [0.05, 0.1) is 11.7 Å². The Labute approximate surface area is 128 Å². The molecule has 1 aromatic rings. The van der Waals surface area contributed by atoms with Gasteiger partial charge in [-0.2, -0.15) is 0 Å². The van der Waals surface area contributed by atoms with Gasteiger partial charge >= 0.3 is 6.03 Å². The topological polar surface area (TPSA) is 44.8 Å². The van der Waals surface area contributed by atoms with E-state index in [-0.39, 0.29) is 12.1 Å². The minimum atomic E-state index is 0.0299. The predicted octanol–water partition coefficient (Wildman–Crippen LogP) is 1.95. The van der Waals surface area contributed by atoms with Crippen LogP contribution in [-0.4, -0.2) is 49.8 Å². The second-order valence-electron chi connectivity index (χ2n) is 6.38. The van der Waals surface area contributed by atoms with Crippen LogP contribution in [0.4, 0.5) is 10.5 Å². The first-order valence-corrected chi connectivity index (χ1v) is 7.67. The van der Waals surface area contributed by atoms with Crippen LogP contribution in [0.25, 0.3) is 0 Å². The second-order valence-corrected chi connectivity index (χ2v) is 6.82. The van der Waals surface area contributed by atoms with E-state index in [4.69, 9.17) is 16.3 Å². The molecule has 4 rings (SSSR count). The molecule has 2 amide bonds. The van der Waals surface area contributed by atoms with Crippen LogP contribution in [0.3, 0.4) is 0 Å². The molecule has 2 saturated heterocycles. The van der Waals surface area contributed by atoms with E-state index in [1.807, 2.05) is 22.8 Å². The molecule has 0 bridgehead atoms. The lowest BCUT2D eigenvalue weighted by atomic mass is 9.74. The molecule has 1 spiro atoms. The lowest BCUT2D eigenvalue weighted by Gasteiger charge is -2.57. The maximum Gasteiger partial charge on any atom is 0.325 e. The first kappa shape index (κ1) is 13.2. The van der Waals surface area contributed by atoms with E-state index in [0.29, 0.717) is 22.8 Å². The van der Waals surface area contributed by atoms with Crippen molar-refractivity contribution in [2.75, 3.05) is 37.7 Å². The van der Waals surface area contributed by atoms with Crippen molar-refractivity contribution in [3.8, 4) is 5.75 Å². The predicted molar refractivity (Wildman–Crippen MR) is 81.2 cm³/mol. The molecule has 0 saturated carbocycles. The molecule has 1 unspecified atom stereocenters. The van der Waals surface area contributed by atoms with Gasteiger partial charge in [0.25, 0.3) is 0 Å². The number of carbonyl (C=O) groups excluding carboxylic acids is 1. The lowest BCUT2D eigenvalue weighted by Crippen LogP contribution is -2.73. The average Bonchev–Trinajstić information content (AvgIpc) is 2.35. The van der Waals surface area contributed by atoms with Crippen molar-refractivity contribution in [1.29, 1.82) is 0 Å². The summed E-state index contributed by atoms with van der Waals surface area (Å²) in [4.78, 5) is 16.6. The van der Waals surface area contributed by atoms with Gasteiger partial charge in [-0.15, -0.1) is 0 Å². The number of amides is 2. The highest BCUT2D eigenvalue weighted by atomic mass is 35.5. The summed E-state index contributed by atoms with van der Waals surface area (Å²) in [5.41, 5.74) is 1.16. The Balaban J connectivity index is 1.58. The fraction of sp³-hybridized carbons (Fsp3) is 0.533. The standard InChI is InChI=1S/C15H18ClN3O2/c1-10-5-21-13-4-11(16)2-3-12(13)19(10)14(20)18-8-15(9-18)6-17-7-15/h2-4,10,17H,5-9H2,1H3. The largest absolute Gasteiger partial charge is 0.489 e.